The van der Waals surface area contributed by atoms with Gasteiger partial charge in [0.2, 0.25) is 5.91 Å². The highest BCUT2D eigenvalue weighted by Gasteiger charge is 2.12. The molecule has 6 heteroatoms. The van der Waals surface area contributed by atoms with Crippen LogP contribution in [0.5, 0.6) is 0 Å². The van der Waals surface area contributed by atoms with Gasteiger partial charge in [-0.15, -0.1) is 0 Å². The summed E-state index contributed by atoms with van der Waals surface area (Å²) in [6.45, 7) is 11.0. The van der Waals surface area contributed by atoms with E-state index in [-0.39, 0.29) is 11.9 Å². The average molecular weight is 392 g/mol. The molecular weight excluding hydrogens is 362 g/mol. The zero-order valence-corrected chi connectivity index (χ0v) is 17.8. The van der Waals surface area contributed by atoms with Crippen LogP contribution >= 0.6 is 0 Å². The van der Waals surface area contributed by atoms with E-state index in [1.54, 1.807) is 12.3 Å². The van der Waals surface area contributed by atoms with E-state index >= 15 is 0 Å². The van der Waals surface area contributed by atoms with Crippen LogP contribution in [0, 0.1) is 20.8 Å². The van der Waals surface area contributed by atoms with E-state index in [0.717, 1.165) is 23.4 Å². The molecule has 0 fully saturated rings. The molecule has 29 heavy (non-hydrogen) atoms. The van der Waals surface area contributed by atoms with Crippen molar-refractivity contribution in [1.82, 2.24) is 19.6 Å². The standard InChI is InChI=1S/C23H29N5O/c1-6-17(3)28-22(13-14-24-28)25-23(29)12-11-21-18(4)26-27(19(21)5)15-20-9-7-16(2)8-10-20/h7-14,17H,6,15H2,1-5H3,(H,25,29)/b12-11+. The SMILES string of the molecule is CCC(C)n1nccc1NC(=O)/C=C/c1c(C)nn(Cc2ccc(C)cc2)c1C. The minimum Gasteiger partial charge on any atom is -0.307 e. The van der Waals surface area contributed by atoms with Crippen LogP contribution in [0.2, 0.25) is 0 Å². The number of hydrogen-bond donors (Lipinski definition) is 1. The molecule has 1 amide bonds. The molecule has 6 nitrogen and oxygen atoms in total. The van der Waals surface area contributed by atoms with Gasteiger partial charge in [0.1, 0.15) is 5.82 Å². The maximum Gasteiger partial charge on any atom is 0.249 e. The van der Waals surface area contributed by atoms with Crippen LogP contribution in [0.1, 0.15) is 54.4 Å². The van der Waals surface area contributed by atoms with Crippen LogP contribution in [0.15, 0.2) is 42.6 Å². The number of hydrogen-bond acceptors (Lipinski definition) is 3. The maximum absolute atomic E-state index is 12.4. The first kappa shape index (κ1) is 20.6. The van der Waals surface area contributed by atoms with Crippen LogP contribution in [0.4, 0.5) is 5.82 Å². The third-order valence-corrected chi connectivity index (χ3v) is 5.22. The number of benzene rings is 1. The Labute approximate surface area is 172 Å². The van der Waals surface area contributed by atoms with Gasteiger partial charge in [-0.2, -0.15) is 10.2 Å². The number of carbonyl (C=O) groups is 1. The largest absolute Gasteiger partial charge is 0.307 e. The first-order valence-electron chi connectivity index (χ1n) is 10.0. The van der Waals surface area contributed by atoms with Crippen molar-refractivity contribution in [3.05, 3.63) is 70.7 Å². The molecule has 2 heterocycles. The zero-order valence-electron chi connectivity index (χ0n) is 17.8. The average Bonchev–Trinajstić information content (AvgIpc) is 3.26. The highest BCUT2D eigenvalue weighted by Crippen LogP contribution is 2.18. The zero-order chi connectivity index (χ0) is 21.0. The highest BCUT2D eigenvalue weighted by molar-refractivity contribution is 6.01. The molecule has 2 aromatic heterocycles. The maximum atomic E-state index is 12.4. The monoisotopic (exact) mass is 391 g/mol. The summed E-state index contributed by atoms with van der Waals surface area (Å²) in [5, 5.41) is 11.9. The lowest BCUT2D eigenvalue weighted by molar-refractivity contribution is -0.111. The number of amides is 1. The Balaban J connectivity index is 1.72. The lowest BCUT2D eigenvalue weighted by Crippen LogP contribution is -2.15. The molecule has 0 saturated heterocycles. The van der Waals surface area contributed by atoms with E-state index in [9.17, 15) is 4.79 Å². The Morgan fingerprint density at radius 2 is 1.90 bits per heavy atom. The van der Waals surface area contributed by atoms with Gasteiger partial charge < -0.3 is 5.32 Å². The van der Waals surface area contributed by atoms with Crippen LogP contribution in [0.3, 0.4) is 0 Å². The van der Waals surface area contributed by atoms with Gasteiger partial charge in [0.05, 0.1) is 24.5 Å². The summed E-state index contributed by atoms with van der Waals surface area (Å²) in [6, 6.07) is 10.5. The molecule has 1 aromatic carbocycles. The molecule has 0 aliphatic heterocycles. The van der Waals surface area contributed by atoms with Crippen LogP contribution in [0.25, 0.3) is 6.08 Å². The lowest BCUT2D eigenvalue weighted by atomic mass is 10.1. The predicted octanol–water partition coefficient (Wildman–Crippen LogP) is 4.68. The van der Waals surface area contributed by atoms with E-state index < -0.39 is 0 Å². The van der Waals surface area contributed by atoms with Crippen molar-refractivity contribution < 1.29 is 4.79 Å². The Morgan fingerprint density at radius 3 is 2.59 bits per heavy atom. The van der Waals surface area contributed by atoms with Crippen molar-refractivity contribution in [2.24, 2.45) is 0 Å². The molecule has 3 rings (SSSR count). The van der Waals surface area contributed by atoms with Gasteiger partial charge in [-0.1, -0.05) is 36.8 Å². The van der Waals surface area contributed by atoms with Crippen molar-refractivity contribution >= 4 is 17.8 Å². The summed E-state index contributed by atoms with van der Waals surface area (Å²) < 4.78 is 3.82. The number of nitrogens with one attached hydrogen (secondary N) is 1. The van der Waals surface area contributed by atoms with E-state index in [2.05, 4.69) is 60.6 Å². The van der Waals surface area contributed by atoms with Crippen LogP contribution in [-0.2, 0) is 11.3 Å². The van der Waals surface area contributed by atoms with Crippen molar-refractivity contribution in [2.75, 3.05) is 5.32 Å². The van der Waals surface area contributed by atoms with Gasteiger partial charge in [-0.3, -0.25) is 9.48 Å². The van der Waals surface area contributed by atoms with Crippen molar-refractivity contribution in [3.63, 3.8) is 0 Å². The fourth-order valence-corrected chi connectivity index (χ4v) is 3.24. The van der Waals surface area contributed by atoms with Crippen molar-refractivity contribution in [3.8, 4) is 0 Å². The quantitative estimate of drug-likeness (QED) is 0.595. The second kappa shape index (κ2) is 8.90. The molecule has 0 radical (unpaired) electrons. The summed E-state index contributed by atoms with van der Waals surface area (Å²) in [7, 11) is 0. The molecule has 0 spiro atoms. The molecular formula is C23H29N5O. The smallest absolute Gasteiger partial charge is 0.249 e. The first-order valence-corrected chi connectivity index (χ1v) is 10.0. The third-order valence-electron chi connectivity index (χ3n) is 5.22. The van der Waals surface area contributed by atoms with Crippen LogP contribution in [-0.4, -0.2) is 25.5 Å². The Bertz CT molecular complexity index is 1010. The number of anilines is 1. The van der Waals surface area contributed by atoms with Crippen LogP contribution < -0.4 is 5.32 Å². The molecule has 1 N–H and O–H groups in total. The van der Waals surface area contributed by atoms with Gasteiger partial charge in [0, 0.05) is 23.4 Å². The minimum atomic E-state index is -0.180. The van der Waals surface area contributed by atoms with Crippen molar-refractivity contribution in [2.45, 2.75) is 53.6 Å². The highest BCUT2D eigenvalue weighted by atomic mass is 16.1. The van der Waals surface area contributed by atoms with Gasteiger partial charge in [0.25, 0.3) is 0 Å². The molecule has 0 saturated carbocycles. The Morgan fingerprint density at radius 1 is 1.17 bits per heavy atom. The number of rotatable bonds is 7. The first-order chi connectivity index (χ1) is 13.9. The number of carbonyl (C=O) groups excluding carboxylic acids is 1. The second-order valence-electron chi connectivity index (χ2n) is 7.47. The number of nitrogens with zero attached hydrogens (tertiary/aromatic N) is 4. The third kappa shape index (κ3) is 4.83. The fraction of sp³-hybridized carbons (Fsp3) is 0.348. The molecule has 3 aromatic rings. The lowest BCUT2D eigenvalue weighted by Gasteiger charge is -2.13. The number of aryl methyl sites for hydroxylation is 2. The Hall–Kier alpha value is -3.15. The summed E-state index contributed by atoms with van der Waals surface area (Å²) >= 11 is 0. The normalized spacial score (nSPS) is 12.4. The topological polar surface area (TPSA) is 64.7 Å². The summed E-state index contributed by atoms with van der Waals surface area (Å²) in [5.41, 5.74) is 5.36. The van der Waals surface area contributed by atoms with Gasteiger partial charge in [-0.25, -0.2) is 4.68 Å². The van der Waals surface area contributed by atoms with E-state index in [4.69, 9.17) is 0 Å². The second-order valence-corrected chi connectivity index (χ2v) is 7.47. The molecule has 152 valence electrons. The van der Waals surface area contributed by atoms with E-state index in [1.165, 1.54) is 11.1 Å². The molecule has 0 aliphatic carbocycles. The molecule has 0 bridgehead atoms. The van der Waals surface area contributed by atoms with E-state index in [0.29, 0.717) is 12.4 Å². The van der Waals surface area contributed by atoms with Gasteiger partial charge >= 0.3 is 0 Å². The molecule has 0 aliphatic rings. The molecule has 1 unspecified atom stereocenters. The van der Waals surface area contributed by atoms with Gasteiger partial charge in [-0.05, 0) is 45.8 Å². The summed E-state index contributed by atoms with van der Waals surface area (Å²) in [5.74, 6) is 0.526. The number of aromatic nitrogens is 4. The Kier molecular flexibility index (Phi) is 6.32. The fourth-order valence-electron chi connectivity index (χ4n) is 3.24. The van der Waals surface area contributed by atoms with Crippen molar-refractivity contribution in [1.29, 1.82) is 0 Å². The summed E-state index contributed by atoms with van der Waals surface area (Å²) in [4.78, 5) is 12.4. The van der Waals surface area contributed by atoms with Gasteiger partial charge in [0.15, 0.2) is 0 Å². The molecule has 1 atom stereocenters. The predicted molar refractivity (Wildman–Crippen MR) is 117 cm³/mol. The minimum absolute atomic E-state index is 0.180. The van der Waals surface area contributed by atoms with E-state index in [1.807, 2.05) is 35.4 Å². The summed E-state index contributed by atoms with van der Waals surface area (Å²) in [6.07, 6.45) is 6.04.